The van der Waals surface area contributed by atoms with Crippen LogP contribution in [0.2, 0.25) is 0 Å². The Balaban J connectivity index is 2.15. The van der Waals surface area contributed by atoms with Gasteiger partial charge in [0.1, 0.15) is 12.2 Å². The van der Waals surface area contributed by atoms with Crippen molar-refractivity contribution >= 4 is 17.6 Å². The molecule has 23 heavy (non-hydrogen) atoms. The van der Waals surface area contributed by atoms with Gasteiger partial charge in [0.2, 0.25) is 5.91 Å². The molecule has 0 radical (unpaired) electrons. The molecule has 0 atom stereocenters. The van der Waals surface area contributed by atoms with E-state index in [1.54, 1.807) is 30.3 Å². The average molecular weight is 311 g/mol. The van der Waals surface area contributed by atoms with Crippen LogP contribution in [0.15, 0.2) is 54.6 Å². The Kier molecular flexibility index (Phi) is 5.42. The van der Waals surface area contributed by atoms with Crippen LogP contribution in [0.4, 0.5) is 14.9 Å². The van der Waals surface area contributed by atoms with Gasteiger partial charge >= 0.3 is 6.03 Å². The predicted molar refractivity (Wildman–Crippen MR) is 82.6 cm³/mol. The topological polar surface area (TPSA) is 73.2 Å². The van der Waals surface area contributed by atoms with Crippen molar-refractivity contribution in [3.8, 4) is 6.07 Å². The highest BCUT2D eigenvalue weighted by Crippen LogP contribution is 2.12. The zero-order valence-corrected chi connectivity index (χ0v) is 12.2. The van der Waals surface area contributed by atoms with Crippen molar-refractivity contribution in [3.63, 3.8) is 0 Å². The molecule has 0 fully saturated rings. The number of hydrogen-bond acceptors (Lipinski definition) is 3. The molecule has 0 aliphatic heterocycles. The lowest BCUT2D eigenvalue weighted by Crippen LogP contribution is -2.39. The van der Waals surface area contributed by atoms with E-state index in [0.717, 1.165) is 10.5 Å². The van der Waals surface area contributed by atoms with E-state index in [9.17, 15) is 14.0 Å². The number of rotatable bonds is 4. The van der Waals surface area contributed by atoms with Crippen LogP contribution in [-0.2, 0) is 11.3 Å². The fraction of sp³-hybridized carbons (Fsp3) is 0.118. The molecular weight excluding hydrogens is 297 g/mol. The summed E-state index contributed by atoms with van der Waals surface area (Å²) < 4.78 is 12.9. The van der Waals surface area contributed by atoms with Gasteiger partial charge in [-0.05, 0) is 29.8 Å². The normalized spacial score (nSPS) is 9.74. The van der Waals surface area contributed by atoms with Crippen LogP contribution in [0.25, 0.3) is 0 Å². The number of nitriles is 1. The zero-order valence-electron chi connectivity index (χ0n) is 12.2. The van der Waals surface area contributed by atoms with Gasteiger partial charge in [-0.15, -0.1) is 0 Å². The Bertz CT molecular complexity index is 724. The molecule has 0 aromatic heterocycles. The summed E-state index contributed by atoms with van der Waals surface area (Å²) in [5, 5.41) is 11.2. The molecule has 0 heterocycles. The number of urea groups is 1. The molecule has 1 N–H and O–H groups in total. The quantitative estimate of drug-likeness (QED) is 0.941. The van der Waals surface area contributed by atoms with E-state index in [0.29, 0.717) is 5.69 Å². The number of benzene rings is 2. The van der Waals surface area contributed by atoms with Crippen LogP contribution < -0.4 is 5.32 Å². The van der Waals surface area contributed by atoms with Crippen LogP contribution in [0, 0.1) is 17.1 Å². The Labute approximate surface area is 133 Å². The van der Waals surface area contributed by atoms with Crippen molar-refractivity contribution < 1.29 is 14.0 Å². The van der Waals surface area contributed by atoms with Gasteiger partial charge in [-0.1, -0.05) is 30.3 Å². The van der Waals surface area contributed by atoms with Crippen molar-refractivity contribution in [2.24, 2.45) is 0 Å². The number of imide groups is 1. The smallest absolute Gasteiger partial charge is 0.307 e. The molecule has 0 aliphatic rings. The van der Waals surface area contributed by atoms with E-state index in [2.05, 4.69) is 5.32 Å². The van der Waals surface area contributed by atoms with Gasteiger partial charge in [0.05, 0.1) is 12.6 Å². The van der Waals surface area contributed by atoms with Crippen molar-refractivity contribution in [2.45, 2.75) is 13.0 Å². The molecule has 0 saturated heterocycles. The molecule has 0 unspecified atom stereocenters. The number of nitrogens with zero attached hydrogens (tertiary/aromatic N) is 2. The van der Waals surface area contributed by atoms with Crippen LogP contribution in [0.1, 0.15) is 12.0 Å². The summed E-state index contributed by atoms with van der Waals surface area (Å²) in [6, 6.07) is 15.2. The number of amides is 3. The minimum Gasteiger partial charge on any atom is -0.307 e. The highest BCUT2D eigenvalue weighted by Gasteiger charge is 2.21. The van der Waals surface area contributed by atoms with Crippen molar-refractivity contribution in [3.05, 3.63) is 66.0 Å². The van der Waals surface area contributed by atoms with Crippen molar-refractivity contribution in [2.75, 3.05) is 5.32 Å². The summed E-state index contributed by atoms with van der Waals surface area (Å²) in [4.78, 5) is 25.3. The van der Waals surface area contributed by atoms with Crippen LogP contribution in [0.3, 0.4) is 0 Å². The molecule has 5 nitrogen and oxygen atoms in total. The lowest BCUT2D eigenvalue weighted by Gasteiger charge is -2.20. The fourth-order valence-corrected chi connectivity index (χ4v) is 1.93. The van der Waals surface area contributed by atoms with E-state index >= 15 is 0 Å². The van der Waals surface area contributed by atoms with E-state index in [-0.39, 0.29) is 6.54 Å². The average Bonchev–Trinajstić information content (AvgIpc) is 2.56. The highest BCUT2D eigenvalue weighted by atomic mass is 19.1. The molecule has 2 rings (SSSR count). The molecule has 3 amide bonds. The first-order valence-electron chi connectivity index (χ1n) is 6.88. The second-order valence-electron chi connectivity index (χ2n) is 4.74. The lowest BCUT2D eigenvalue weighted by atomic mass is 10.2. The summed E-state index contributed by atoms with van der Waals surface area (Å²) in [5.41, 5.74) is 1.12. The molecule has 0 aliphatic carbocycles. The zero-order chi connectivity index (χ0) is 16.7. The third-order valence-electron chi connectivity index (χ3n) is 3.06. The number of hydrogen-bond donors (Lipinski definition) is 1. The largest absolute Gasteiger partial charge is 0.328 e. The molecule has 0 saturated carbocycles. The first kappa shape index (κ1) is 16.2. The second kappa shape index (κ2) is 7.71. The summed E-state index contributed by atoms with van der Waals surface area (Å²) in [5.74, 6) is -1.03. The van der Waals surface area contributed by atoms with Gasteiger partial charge < -0.3 is 5.32 Å². The SMILES string of the molecule is N#CCC(=O)N(Cc1ccccc1)C(=O)Nc1ccc(F)cc1. The van der Waals surface area contributed by atoms with Crippen molar-refractivity contribution in [1.82, 2.24) is 4.90 Å². The second-order valence-corrected chi connectivity index (χ2v) is 4.74. The van der Waals surface area contributed by atoms with E-state index < -0.39 is 24.2 Å². The van der Waals surface area contributed by atoms with Gasteiger partial charge in [-0.3, -0.25) is 9.69 Å². The van der Waals surface area contributed by atoms with Gasteiger partial charge in [-0.2, -0.15) is 5.26 Å². The Hall–Kier alpha value is -3.20. The lowest BCUT2D eigenvalue weighted by molar-refractivity contribution is -0.127. The maximum atomic E-state index is 12.9. The van der Waals surface area contributed by atoms with Gasteiger partial charge in [-0.25, -0.2) is 9.18 Å². The highest BCUT2D eigenvalue weighted by molar-refractivity contribution is 6.01. The molecule has 6 heteroatoms. The monoisotopic (exact) mass is 311 g/mol. The standard InChI is InChI=1S/C17H14FN3O2/c18-14-6-8-15(9-7-14)20-17(23)21(16(22)10-11-19)12-13-4-2-1-3-5-13/h1-9H,10,12H2,(H,20,23). The molecule has 2 aromatic rings. The molecule has 0 bridgehead atoms. The maximum absolute atomic E-state index is 12.9. The van der Waals surface area contributed by atoms with Gasteiger partial charge in [0.25, 0.3) is 0 Å². The Morgan fingerprint density at radius 2 is 1.74 bits per heavy atom. The third kappa shape index (κ3) is 4.64. The minimum absolute atomic E-state index is 0.0500. The molecule has 116 valence electrons. The van der Waals surface area contributed by atoms with Crippen molar-refractivity contribution in [1.29, 1.82) is 5.26 Å². The van der Waals surface area contributed by atoms with Crippen LogP contribution >= 0.6 is 0 Å². The number of carbonyl (C=O) groups is 2. The maximum Gasteiger partial charge on any atom is 0.328 e. The number of nitrogens with one attached hydrogen (secondary N) is 1. The van der Waals surface area contributed by atoms with E-state index in [1.165, 1.54) is 24.3 Å². The van der Waals surface area contributed by atoms with Crippen LogP contribution in [0.5, 0.6) is 0 Å². The third-order valence-corrected chi connectivity index (χ3v) is 3.06. The number of carbonyl (C=O) groups excluding carboxylic acids is 2. The van der Waals surface area contributed by atoms with Gasteiger partial charge in [0.15, 0.2) is 0 Å². The summed E-state index contributed by atoms with van der Waals surface area (Å²) in [6.45, 7) is 0.0500. The minimum atomic E-state index is -0.666. The summed E-state index contributed by atoms with van der Waals surface area (Å²) >= 11 is 0. The predicted octanol–water partition coefficient (Wildman–Crippen LogP) is 3.30. The van der Waals surface area contributed by atoms with E-state index in [1.807, 2.05) is 6.07 Å². The van der Waals surface area contributed by atoms with Crippen LogP contribution in [-0.4, -0.2) is 16.8 Å². The Morgan fingerprint density at radius 1 is 1.09 bits per heavy atom. The first-order valence-corrected chi connectivity index (χ1v) is 6.88. The number of anilines is 1. The number of halogens is 1. The molecule has 0 spiro atoms. The summed E-state index contributed by atoms with van der Waals surface area (Å²) in [6.07, 6.45) is -0.399. The molecule has 2 aromatic carbocycles. The summed E-state index contributed by atoms with van der Waals surface area (Å²) in [7, 11) is 0. The fourth-order valence-electron chi connectivity index (χ4n) is 1.93. The Morgan fingerprint density at radius 3 is 2.35 bits per heavy atom. The van der Waals surface area contributed by atoms with Gasteiger partial charge in [0, 0.05) is 5.69 Å². The first-order chi connectivity index (χ1) is 11.1. The van der Waals surface area contributed by atoms with E-state index in [4.69, 9.17) is 5.26 Å². The molecular formula is C17H14FN3O2.